The summed E-state index contributed by atoms with van der Waals surface area (Å²) in [5, 5.41) is 14.8. The monoisotopic (exact) mass is 423 g/mol. The van der Waals surface area contributed by atoms with E-state index in [1.54, 1.807) is 7.11 Å². The van der Waals surface area contributed by atoms with Crippen LogP contribution < -0.4 is 9.47 Å². The van der Waals surface area contributed by atoms with Crippen LogP contribution in [-0.2, 0) is 20.7 Å². The highest BCUT2D eigenvalue weighted by molar-refractivity contribution is 6.27. The van der Waals surface area contributed by atoms with Crippen molar-refractivity contribution in [1.29, 1.82) is 0 Å². The van der Waals surface area contributed by atoms with Crippen molar-refractivity contribution in [2.45, 2.75) is 26.2 Å². The first kappa shape index (κ1) is 25.5. The zero-order valence-corrected chi connectivity index (χ0v) is 17.8. The van der Waals surface area contributed by atoms with E-state index < -0.39 is 11.9 Å². The van der Waals surface area contributed by atoms with Crippen LogP contribution in [0.2, 0.25) is 0 Å². The van der Waals surface area contributed by atoms with Gasteiger partial charge in [-0.1, -0.05) is 19.1 Å². The molecule has 0 unspecified atom stereocenters. The maximum Gasteiger partial charge on any atom is 0.414 e. The van der Waals surface area contributed by atoms with Crippen molar-refractivity contribution >= 4 is 11.9 Å². The highest BCUT2D eigenvalue weighted by atomic mass is 16.5. The summed E-state index contributed by atoms with van der Waals surface area (Å²) in [4.78, 5) is 20.7. The Hall–Kier alpha value is -2.58. The van der Waals surface area contributed by atoms with Crippen molar-refractivity contribution in [3.05, 3.63) is 36.4 Å². The first-order valence-electron chi connectivity index (χ1n) is 10.0. The Balaban J connectivity index is 0.000000656. The minimum Gasteiger partial charge on any atom is -0.493 e. The Bertz CT molecular complexity index is 657. The second kappa shape index (κ2) is 14.4. The molecular weight excluding hydrogens is 390 g/mol. The standard InChI is InChI=1S/C20H31NO3.C2H2O4/c1-4-5-18-6-7-19(20(16-18)22-3)24-15-14-23-13-12-21-10-8-17(2)9-11-21;3-1(4)2(5)6/h4,6-7,16-17H,1,5,8-15H2,2-3H3;(H,3,4)(H,5,6). The molecule has 2 N–H and O–H groups in total. The average Bonchev–Trinajstić information content (AvgIpc) is 2.73. The van der Waals surface area contributed by atoms with Crippen LogP contribution in [0.25, 0.3) is 0 Å². The van der Waals surface area contributed by atoms with E-state index in [9.17, 15) is 0 Å². The van der Waals surface area contributed by atoms with Crippen LogP contribution in [0.1, 0.15) is 25.3 Å². The smallest absolute Gasteiger partial charge is 0.414 e. The number of hydrogen-bond acceptors (Lipinski definition) is 6. The molecule has 0 aliphatic carbocycles. The molecule has 0 aromatic heterocycles. The Morgan fingerprint density at radius 1 is 1.13 bits per heavy atom. The Morgan fingerprint density at radius 3 is 2.37 bits per heavy atom. The number of nitrogens with zero attached hydrogens (tertiary/aromatic N) is 1. The van der Waals surface area contributed by atoms with E-state index in [0.29, 0.717) is 13.2 Å². The molecule has 2 rings (SSSR count). The van der Waals surface area contributed by atoms with Crippen molar-refractivity contribution in [3.63, 3.8) is 0 Å². The number of likely N-dealkylation sites (tertiary alicyclic amines) is 1. The SMILES string of the molecule is C=CCc1ccc(OCCOCCN2CCC(C)CC2)c(OC)c1.O=C(O)C(=O)O. The van der Waals surface area contributed by atoms with Gasteiger partial charge in [-0.3, -0.25) is 0 Å². The van der Waals surface area contributed by atoms with Gasteiger partial charge in [0.1, 0.15) is 6.61 Å². The van der Waals surface area contributed by atoms with Gasteiger partial charge < -0.3 is 29.3 Å². The maximum absolute atomic E-state index is 9.10. The molecule has 1 saturated heterocycles. The number of carboxylic acid groups (broad SMARTS) is 2. The summed E-state index contributed by atoms with van der Waals surface area (Å²) in [6, 6.07) is 5.99. The number of ether oxygens (including phenoxy) is 3. The zero-order valence-electron chi connectivity index (χ0n) is 17.8. The molecule has 0 saturated carbocycles. The fourth-order valence-electron chi connectivity index (χ4n) is 2.92. The molecule has 1 aromatic rings. The van der Waals surface area contributed by atoms with E-state index in [4.69, 9.17) is 34.0 Å². The molecule has 0 spiro atoms. The molecule has 1 aliphatic rings. The topological polar surface area (TPSA) is 106 Å². The maximum atomic E-state index is 9.10. The van der Waals surface area contributed by atoms with Crippen molar-refractivity contribution < 1.29 is 34.0 Å². The predicted octanol–water partition coefficient (Wildman–Crippen LogP) is 2.71. The van der Waals surface area contributed by atoms with Gasteiger partial charge in [0.15, 0.2) is 11.5 Å². The van der Waals surface area contributed by atoms with Crippen molar-refractivity contribution in [2.24, 2.45) is 5.92 Å². The summed E-state index contributed by atoms with van der Waals surface area (Å²) >= 11 is 0. The van der Waals surface area contributed by atoms with Gasteiger partial charge in [-0.05, 0) is 56.0 Å². The summed E-state index contributed by atoms with van der Waals surface area (Å²) in [7, 11) is 1.66. The summed E-state index contributed by atoms with van der Waals surface area (Å²) in [5.74, 6) is -1.25. The first-order chi connectivity index (χ1) is 14.4. The Labute approximate surface area is 178 Å². The molecule has 1 heterocycles. The van der Waals surface area contributed by atoms with E-state index in [-0.39, 0.29) is 0 Å². The molecule has 0 radical (unpaired) electrons. The van der Waals surface area contributed by atoms with Crippen LogP contribution in [0.3, 0.4) is 0 Å². The fraction of sp³-hybridized carbons (Fsp3) is 0.545. The summed E-state index contributed by atoms with van der Waals surface area (Å²) in [6.07, 6.45) is 5.33. The molecule has 8 heteroatoms. The minimum absolute atomic E-state index is 0.536. The van der Waals surface area contributed by atoms with Gasteiger partial charge in [-0.25, -0.2) is 9.59 Å². The largest absolute Gasteiger partial charge is 0.493 e. The van der Waals surface area contributed by atoms with E-state index in [2.05, 4.69) is 18.4 Å². The van der Waals surface area contributed by atoms with Crippen molar-refractivity contribution in [1.82, 2.24) is 4.90 Å². The summed E-state index contributed by atoms with van der Waals surface area (Å²) < 4.78 is 16.9. The van der Waals surface area contributed by atoms with Crippen molar-refractivity contribution in [2.75, 3.05) is 46.6 Å². The highest BCUT2D eigenvalue weighted by Gasteiger charge is 2.14. The van der Waals surface area contributed by atoms with E-state index >= 15 is 0 Å². The van der Waals surface area contributed by atoms with Crippen LogP contribution >= 0.6 is 0 Å². The fourth-order valence-corrected chi connectivity index (χ4v) is 2.92. The summed E-state index contributed by atoms with van der Waals surface area (Å²) in [6.45, 7) is 11.4. The van der Waals surface area contributed by atoms with Crippen LogP contribution in [0.15, 0.2) is 30.9 Å². The molecule has 168 valence electrons. The number of allylic oxidation sites excluding steroid dienone is 1. The lowest BCUT2D eigenvalue weighted by atomic mass is 9.99. The predicted molar refractivity (Wildman–Crippen MR) is 113 cm³/mol. The number of hydrogen-bond donors (Lipinski definition) is 2. The van der Waals surface area contributed by atoms with Gasteiger partial charge in [0.2, 0.25) is 0 Å². The number of carbonyl (C=O) groups is 2. The molecule has 0 bridgehead atoms. The highest BCUT2D eigenvalue weighted by Crippen LogP contribution is 2.28. The molecule has 8 nitrogen and oxygen atoms in total. The van der Waals surface area contributed by atoms with Gasteiger partial charge >= 0.3 is 11.9 Å². The van der Waals surface area contributed by atoms with Crippen LogP contribution in [0, 0.1) is 5.92 Å². The van der Waals surface area contributed by atoms with Gasteiger partial charge in [0, 0.05) is 6.54 Å². The Kier molecular flexibility index (Phi) is 12.2. The van der Waals surface area contributed by atoms with Gasteiger partial charge in [-0.15, -0.1) is 6.58 Å². The van der Waals surface area contributed by atoms with Gasteiger partial charge in [0.05, 0.1) is 20.3 Å². The number of piperidine rings is 1. The molecule has 0 atom stereocenters. The summed E-state index contributed by atoms with van der Waals surface area (Å²) in [5.41, 5.74) is 1.17. The molecule has 0 amide bonds. The van der Waals surface area contributed by atoms with Crippen molar-refractivity contribution in [3.8, 4) is 11.5 Å². The molecule has 30 heavy (non-hydrogen) atoms. The number of benzene rings is 1. The van der Waals surface area contributed by atoms with E-state index in [1.807, 2.05) is 24.3 Å². The number of carboxylic acids is 2. The van der Waals surface area contributed by atoms with Crippen LogP contribution in [-0.4, -0.2) is 73.6 Å². The third-order valence-corrected chi connectivity index (χ3v) is 4.70. The lowest BCUT2D eigenvalue weighted by Gasteiger charge is -2.29. The number of methoxy groups -OCH3 is 1. The first-order valence-corrected chi connectivity index (χ1v) is 10.0. The molecule has 1 aromatic carbocycles. The van der Waals surface area contributed by atoms with Gasteiger partial charge in [0.25, 0.3) is 0 Å². The minimum atomic E-state index is -1.82. The van der Waals surface area contributed by atoms with E-state index in [1.165, 1.54) is 31.5 Å². The zero-order chi connectivity index (χ0) is 22.4. The average molecular weight is 424 g/mol. The number of rotatable bonds is 10. The van der Waals surface area contributed by atoms with Crippen LogP contribution in [0.5, 0.6) is 11.5 Å². The molecule has 1 aliphatic heterocycles. The Morgan fingerprint density at radius 2 is 1.80 bits per heavy atom. The number of aliphatic carboxylic acids is 2. The second-order valence-electron chi connectivity index (χ2n) is 7.07. The third-order valence-electron chi connectivity index (χ3n) is 4.70. The third kappa shape index (κ3) is 10.3. The van der Waals surface area contributed by atoms with Crippen LogP contribution in [0.4, 0.5) is 0 Å². The van der Waals surface area contributed by atoms with E-state index in [0.717, 1.165) is 37.0 Å². The normalized spacial score (nSPS) is 14.3. The van der Waals surface area contributed by atoms with Gasteiger partial charge in [-0.2, -0.15) is 0 Å². The molecular formula is C22H33NO7. The second-order valence-corrected chi connectivity index (χ2v) is 7.07. The lowest BCUT2D eigenvalue weighted by molar-refractivity contribution is -0.159. The molecule has 1 fully saturated rings. The lowest BCUT2D eigenvalue weighted by Crippen LogP contribution is -2.35. The quantitative estimate of drug-likeness (QED) is 0.336.